The number of carbonyl (C=O) groups excluding carboxylic acids is 1. The molecule has 0 aromatic carbocycles. The minimum Gasteiger partial charge on any atom is -0.443 e. The number of nitrogens with zero attached hydrogens (tertiary/aromatic N) is 1. The standard InChI is InChI=1S/C10H15NO3/c1-10(2,3)14-9(13)11-7-5-4-6-8(11)12/h4-8,12H,1-3H3. The molecule has 1 aliphatic rings. The molecule has 1 rings (SSSR count). The molecular formula is C10H15NO3. The first-order valence-corrected chi connectivity index (χ1v) is 4.44. The SMILES string of the molecule is CC(C)(C)OC(=O)N1C=CC=CC1O. The van der Waals surface area contributed by atoms with E-state index in [-0.39, 0.29) is 0 Å². The van der Waals surface area contributed by atoms with Gasteiger partial charge in [-0.3, -0.25) is 4.90 Å². The molecule has 1 N–H and O–H groups in total. The zero-order valence-electron chi connectivity index (χ0n) is 8.60. The summed E-state index contributed by atoms with van der Waals surface area (Å²) >= 11 is 0. The predicted molar refractivity (Wildman–Crippen MR) is 52.4 cm³/mol. The highest BCUT2D eigenvalue weighted by molar-refractivity contribution is 5.70. The third-order valence-electron chi connectivity index (χ3n) is 1.53. The van der Waals surface area contributed by atoms with Gasteiger partial charge in [-0.05, 0) is 32.9 Å². The number of aliphatic hydroxyl groups excluding tert-OH is 1. The van der Waals surface area contributed by atoms with Crippen LogP contribution in [-0.4, -0.2) is 27.9 Å². The minimum atomic E-state index is -0.935. The van der Waals surface area contributed by atoms with Crippen LogP contribution in [0.5, 0.6) is 0 Å². The van der Waals surface area contributed by atoms with Crippen LogP contribution >= 0.6 is 0 Å². The number of aliphatic hydroxyl groups is 1. The number of hydrogen-bond acceptors (Lipinski definition) is 3. The van der Waals surface area contributed by atoms with E-state index in [1.165, 1.54) is 12.3 Å². The Morgan fingerprint density at radius 3 is 2.57 bits per heavy atom. The van der Waals surface area contributed by atoms with Crippen LogP contribution in [0.3, 0.4) is 0 Å². The molecule has 4 heteroatoms. The predicted octanol–water partition coefficient (Wildman–Crippen LogP) is 1.63. The Balaban J connectivity index is 2.62. The van der Waals surface area contributed by atoms with Crippen molar-refractivity contribution >= 4 is 6.09 Å². The molecule has 4 nitrogen and oxygen atoms in total. The fraction of sp³-hybridized carbons (Fsp3) is 0.500. The number of hydrogen-bond donors (Lipinski definition) is 1. The van der Waals surface area contributed by atoms with E-state index in [0.717, 1.165) is 4.90 Å². The van der Waals surface area contributed by atoms with E-state index in [1.54, 1.807) is 32.9 Å². The Hall–Kier alpha value is -1.29. The summed E-state index contributed by atoms with van der Waals surface area (Å²) in [4.78, 5) is 12.6. The molecule has 14 heavy (non-hydrogen) atoms. The van der Waals surface area contributed by atoms with Crippen molar-refractivity contribution < 1.29 is 14.6 Å². The molecule has 0 bridgehead atoms. The Morgan fingerprint density at radius 2 is 2.07 bits per heavy atom. The van der Waals surface area contributed by atoms with E-state index in [0.29, 0.717) is 0 Å². The number of ether oxygens (including phenoxy) is 1. The summed E-state index contributed by atoms with van der Waals surface area (Å²) in [5, 5.41) is 9.42. The van der Waals surface area contributed by atoms with Crippen LogP contribution < -0.4 is 0 Å². The van der Waals surface area contributed by atoms with Gasteiger partial charge in [0.25, 0.3) is 0 Å². The number of amides is 1. The second kappa shape index (κ2) is 3.84. The van der Waals surface area contributed by atoms with E-state index in [4.69, 9.17) is 4.74 Å². The zero-order valence-corrected chi connectivity index (χ0v) is 8.60. The third kappa shape index (κ3) is 2.88. The van der Waals surface area contributed by atoms with Gasteiger partial charge in [-0.2, -0.15) is 0 Å². The second-order valence-electron chi connectivity index (χ2n) is 4.03. The van der Waals surface area contributed by atoms with Crippen molar-refractivity contribution in [1.82, 2.24) is 4.90 Å². The van der Waals surface area contributed by atoms with Crippen molar-refractivity contribution in [2.75, 3.05) is 0 Å². The van der Waals surface area contributed by atoms with Gasteiger partial charge in [-0.1, -0.05) is 6.08 Å². The molecule has 0 radical (unpaired) electrons. The third-order valence-corrected chi connectivity index (χ3v) is 1.53. The lowest BCUT2D eigenvalue weighted by atomic mass is 10.2. The van der Waals surface area contributed by atoms with Crippen LogP contribution in [0.25, 0.3) is 0 Å². The molecule has 0 saturated carbocycles. The summed E-state index contributed by atoms with van der Waals surface area (Å²) < 4.78 is 5.09. The van der Waals surface area contributed by atoms with Crippen LogP contribution in [-0.2, 0) is 4.74 Å². The maximum Gasteiger partial charge on any atom is 0.416 e. The van der Waals surface area contributed by atoms with E-state index >= 15 is 0 Å². The van der Waals surface area contributed by atoms with E-state index in [9.17, 15) is 9.90 Å². The summed E-state index contributed by atoms with van der Waals surface area (Å²) in [5.41, 5.74) is -0.550. The largest absolute Gasteiger partial charge is 0.443 e. The Morgan fingerprint density at radius 1 is 1.43 bits per heavy atom. The first-order chi connectivity index (χ1) is 6.40. The average Bonchev–Trinajstić information content (AvgIpc) is 2.01. The highest BCUT2D eigenvalue weighted by Crippen LogP contribution is 2.13. The van der Waals surface area contributed by atoms with Crippen molar-refractivity contribution in [3.8, 4) is 0 Å². The van der Waals surface area contributed by atoms with Crippen LogP contribution in [0.2, 0.25) is 0 Å². The van der Waals surface area contributed by atoms with E-state index < -0.39 is 17.9 Å². The summed E-state index contributed by atoms with van der Waals surface area (Å²) in [6, 6.07) is 0. The summed E-state index contributed by atoms with van der Waals surface area (Å²) in [5.74, 6) is 0. The van der Waals surface area contributed by atoms with Gasteiger partial charge in [-0.25, -0.2) is 4.79 Å². The van der Waals surface area contributed by atoms with Gasteiger partial charge in [0.15, 0.2) is 6.23 Å². The second-order valence-corrected chi connectivity index (χ2v) is 4.03. The lowest BCUT2D eigenvalue weighted by Gasteiger charge is -2.28. The summed E-state index contributed by atoms with van der Waals surface area (Å²) in [6.07, 6.45) is 4.84. The Labute approximate surface area is 83.5 Å². The number of carbonyl (C=O) groups is 1. The normalized spacial score (nSPS) is 21.1. The van der Waals surface area contributed by atoms with Gasteiger partial charge < -0.3 is 9.84 Å². The monoisotopic (exact) mass is 197 g/mol. The molecule has 0 aliphatic carbocycles. The van der Waals surface area contributed by atoms with Crippen molar-refractivity contribution in [2.45, 2.75) is 32.6 Å². The maximum atomic E-state index is 11.5. The van der Waals surface area contributed by atoms with E-state index in [2.05, 4.69) is 0 Å². The Bertz CT molecular complexity index is 276. The highest BCUT2D eigenvalue weighted by Gasteiger charge is 2.24. The maximum absolute atomic E-state index is 11.5. The van der Waals surface area contributed by atoms with Crippen LogP contribution in [0.1, 0.15) is 20.8 Å². The van der Waals surface area contributed by atoms with Gasteiger partial charge >= 0.3 is 6.09 Å². The van der Waals surface area contributed by atoms with Gasteiger partial charge in [0.2, 0.25) is 0 Å². The summed E-state index contributed by atoms with van der Waals surface area (Å²) in [7, 11) is 0. The molecule has 0 fully saturated rings. The molecule has 0 saturated heterocycles. The molecule has 0 aromatic rings. The van der Waals surface area contributed by atoms with Crippen LogP contribution in [0.15, 0.2) is 24.4 Å². The fourth-order valence-corrected chi connectivity index (χ4v) is 0.970. The fourth-order valence-electron chi connectivity index (χ4n) is 0.970. The van der Waals surface area contributed by atoms with Gasteiger partial charge in [0.1, 0.15) is 5.60 Å². The van der Waals surface area contributed by atoms with Crippen LogP contribution in [0.4, 0.5) is 4.79 Å². The van der Waals surface area contributed by atoms with Crippen molar-refractivity contribution in [2.24, 2.45) is 0 Å². The molecular weight excluding hydrogens is 182 g/mol. The zero-order chi connectivity index (χ0) is 10.8. The van der Waals surface area contributed by atoms with Gasteiger partial charge in [-0.15, -0.1) is 0 Å². The van der Waals surface area contributed by atoms with Crippen molar-refractivity contribution in [3.63, 3.8) is 0 Å². The number of allylic oxidation sites excluding steroid dienone is 2. The van der Waals surface area contributed by atoms with Gasteiger partial charge in [0.05, 0.1) is 0 Å². The molecule has 1 amide bonds. The Kier molecular flexibility index (Phi) is 2.96. The lowest BCUT2D eigenvalue weighted by Crippen LogP contribution is -2.39. The van der Waals surface area contributed by atoms with Crippen molar-refractivity contribution in [1.29, 1.82) is 0 Å². The molecule has 1 atom stereocenters. The molecule has 0 spiro atoms. The quantitative estimate of drug-likeness (QED) is 0.642. The lowest BCUT2D eigenvalue weighted by molar-refractivity contribution is 0.00260. The first kappa shape index (κ1) is 10.8. The molecule has 1 heterocycles. The smallest absolute Gasteiger partial charge is 0.416 e. The topological polar surface area (TPSA) is 49.8 Å². The molecule has 1 aliphatic heterocycles. The molecule has 1 unspecified atom stereocenters. The molecule has 0 aromatic heterocycles. The average molecular weight is 197 g/mol. The van der Waals surface area contributed by atoms with E-state index in [1.807, 2.05) is 0 Å². The highest BCUT2D eigenvalue weighted by atomic mass is 16.6. The first-order valence-electron chi connectivity index (χ1n) is 4.44. The summed E-state index contributed by atoms with van der Waals surface area (Å²) in [6.45, 7) is 5.34. The minimum absolute atomic E-state index is 0.550. The molecule has 78 valence electrons. The van der Waals surface area contributed by atoms with Crippen molar-refractivity contribution in [3.05, 3.63) is 24.4 Å². The number of rotatable bonds is 0. The van der Waals surface area contributed by atoms with Crippen LogP contribution in [0, 0.1) is 0 Å². The van der Waals surface area contributed by atoms with Gasteiger partial charge in [0, 0.05) is 6.20 Å².